The van der Waals surface area contributed by atoms with Gasteiger partial charge in [0.15, 0.2) is 5.65 Å². The fraction of sp³-hybridized carbons (Fsp3) is 0.250. The summed E-state index contributed by atoms with van der Waals surface area (Å²) in [5, 5.41) is 4.06. The highest BCUT2D eigenvalue weighted by Gasteiger charge is 2.16. The summed E-state index contributed by atoms with van der Waals surface area (Å²) in [6.45, 7) is 6.79. The molecule has 0 saturated carbocycles. The molecule has 0 fully saturated rings. The molecule has 5 nitrogen and oxygen atoms in total. The molecule has 3 heterocycles. The molecule has 5 heteroatoms. The lowest BCUT2D eigenvalue weighted by molar-refractivity contribution is 0.393. The van der Waals surface area contributed by atoms with E-state index < -0.39 is 0 Å². The Bertz CT molecular complexity index is 1010. The molecule has 25 heavy (non-hydrogen) atoms. The molecule has 126 valence electrons. The molecule has 0 amide bonds. The van der Waals surface area contributed by atoms with E-state index in [-0.39, 0.29) is 0 Å². The maximum absolute atomic E-state index is 5.31. The summed E-state index contributed by atoms with van der Waals surface area (Å²) in [5.41, 5.74) is 5.98. The van der Waals surface area contributed by atoms with Crippen LogP contribution in [0.5, 0.6) is 0 Å². The number of aryl methyl sites for hydroxylation is 3. The van der Waals surface area contributed by atoms with Gasteiger partial charge in [-0.05, 0) is 25.5 Å². The Kier molecular flexibility index (Phi) is 3.84. The normalized spacial score (nSPS) is 11.3. The summed E-state index contributed by atoms with van der Waals surface area (Å²) in [6.07, 6.45) is 2.72. The number of benzene rings is 1. The summed E-state index contributed by atoms with van der Waals surface area (Å²) in [7, 11) is 0. The van der Waals surface area contributed by atoms with Crippen LogP contribution in [0.2, 0.25) is 0 Å². The second-order valence-corrected chi connectivity index (χ2v) is 6.22. The van der Waals surface area contributed by atoms with Crippen molar-refractivity contribution in [1.29, 1.82) is 0 Å². The quantitative estimate of drug-likeness (QED) is 0.558. The molecule has 0 saturated heterocycles. The Hall–Kier alpha value is -2.95. The van der Waals surface area contributed by atoms with Crippen molar-refractivity contribution in [1.82, 2.24) is 19.7 Å². The maximum atomic E-state index is 5.31. The molecule has 0 aliphatic carbocycles. The molecule has 1 aromatic carbocycles. The first-order chi connectivity index (χ1) is 12.2. The Morgan fingerprint density at radius 1 is 1.12 bits per heavy atom. The van der Waals surface area contributed by atoms with E-state index in [4.69, 9.17) is 9.51 Å². The topological polar surface area (TPSA) is 56.7 Å². The monoisotopic (exact) mass is 332 g/mol. The fourth-order valence-electron chi connectivity index (χ4n) is 3.30. The Morgan fingerprint density at radius 3 is 2.60 bits per heavy atom. The highest BCUT2D eigenvalue weighted by molar-refractivity contribution is 5.80. The van der Waals surface area contributed by atoms with Gasteiger partial charge in [-0.15, -0.1) is 0 Å². The zero-order valence-corrected chi connectivity index (χ0v) is 14.7. The summed E-state index contributed by atoms with van der Waals surface area (Å²) in [4.78, 5) is 9.30. The van der Waals surface area contributed by atoms with Gasteiger partial charge in [0.1, 0.15) is 11.6 Å². The minimum Gasteiger partial charge on any atom is -0.361 e. The highest BCUT2D eigenvalue weighted by atomic mass is 16.5. The smallest absolute Gasteiger partial charge is 0.177 e. The van der Waals surface area contributed by atoms with Crippen LogP contribution in [-0.4, -0.2) is 19.7 Å². The van der Waals surface area contributed by atoms with E-state index in [2.05, 4.69) is 52.0 Å². The van der Waals surface area contributed by atoms with Crippen LogP contribution in [0.3, 0.4) is 0 Å². The first-order valence-electron chi connectivity index (χ1n) is 8.49. The second-order valence-electron chi connectivity index (χ2n) is 6.22. The van der Waals surface area contributed by atoms with Gasteiger partial charge in [-0.3, -0.25) is 0 Å². The van der Waals surface area contributed by atoms with Crippen molar-refractivity contribution in [2.45, 2.75) is 33.7 Å². The van der Waals surface area contributed by atoms with Gasteiger partial charge >= 0.3 is 0 Å². The summed E-state index contributed by atoms with van der Waals surface area (Å²) >= 11 is 0. The van der Waals surface area contributed by atoms with E-state index in [0.717, 1.165) is 52.5 Å². The Labute approximate surface area is 146 Å². The summed E-state index contributed by atoms with van der Waals surface area (Å²) in [6, 6.07) is 12.6. The second kappa shape index (κ2) is 6.16. The first kappa shape index (κ1) is 15.6. The number of nitrogens with zero attached hydrogens (tertiary/aromatic N) is 4. The molecule has 0 bridgehead atoms. The number of rotatable bonds is 4. The molecule has 0 radical (unpaired) electrons. The van der Waals surface area contributed by atoms with Gasteiger partial charge in [0.2, 0.25) is 0 Å². The number of hydrogen-bond acceptors (Lipinski definition) is 4. The molecule has 0 N–H and O–H groups in total. The van der Waals surface area contributed by atoms with Crippen LogP contribution < -0.4 is 0 Å². The maximum Gasteiger partial charge on any atom is 0.177 e. The SMILES string of the molecule is CCc1nc2ncc(-c3c(C)noc3C)cc2n1Cc1ccccc1. The first-order valence-corrected chi connectivity index (χ1v) is 8.49. The van der Waals surface area contributed by atoms with E-state index in [1.807, 2.05) is 26.1 Å². The van der Waals surface area contributed by atoms with Gasteiger partial charge in [0.25, 0.3) is 0 Å². The van der Waals surface area contributed by atoms with Crippen LogP contribution in [0.4, 0.5) is 0 Å². The third-order valence-electron chi connectivity index (χ3n) is 4.51. The predicted molar refractivity (Wildman–Crippen MR) is 97.4 cm³/mol. The number of imidazole rings is 1. The molecular formula is C20H20N4O. The number of fused-ring (bicyclic) bond motifs is 1. The molecule has 4 aromatic rings. The molecule has 0 aliphatic heterocycles. The standard InChI is InChI=1S/C20H20N4O/c1-4-18-22-20-17(24(18)12-15-8-6-5-7-9-15)10-16(11-21-20)19-13(2)23-25-14(19)3/h5-11H,4,12H2,1-3H3. The molecule has 4 rings (SSSR count). The number of pyridine rings is 1. The molecule has 0 spiro atoms. The van der Waals surface area contributed by atoms with Crippen molar-refractivity contribution in [2.75, 3.05) is 0 Å². The lowest BCUT2D eigenvalue weighted by Gasteiger charge is -2.09. The van der Waals surface area contributed by atoms with Crippen LogP contribution in [0.1, 0.15) is 29.8 Å². The highest BCUT2D eigenvalue weighted by Crippen LogP contribution is 2.29. The zero-order chi connectivity index (χ0) is 17.4. The Morgan fingerprint density at radius 2 is 1.92 bits per heavy atom. The van der Waals surface area contributed by atoms with Crippen molar-refractivity contribution < 1.29 is 4.52 Å². The van der Waals surface area contributed by atoms with Crippen LogP contribution in [0.25, 0.3) is 22.3 Å². The lowest BCUT2D eigenvalue weighted by Crippen LogP contribution is -2.04. The van der Waals surface area contributed by atoms with Gasteiger partial charge in [-0.1, -0.05) is 42.4 Å². The molecule has 3 aromatic heterocycles. The van der Waals surface area contributed by atoms with E-state index >= 15 is 0 Å². The van der Waals surface area contributed by atoms with Gasteiger partial charge in [0, 0.05) is 30.3 Å². The van der Waals surface area contributed by atoms with E-state index in [9.17, 15) is 0 Å². The van der Waals surface area contributed by atoms with Crippen molar-refractivity contribution in [3.63, 3.8) is 0 Å². The molecule has 0 aliphatic rings. The summed E-state index contributed by atoms with van der Waals surface area (Å²) < 4.78 is 7.56. The minimum atomic E-state index is 0.781. The molecular weight excluding hydrogens is 312 g/mol. The van der Waals surface area contributed by atoms with Crippen molar-refractivity contribution in [2.24, 2.45) is 0 Å². The molecule has 0 atom stereocenters. The summed E-state index contributed by atoms with van der Waals surface area (Å²) in [5.74, 6) is 1.85. The van der Waals surface area contributed by atoms with Crippen molar-refractivity contribution in [3.8, 4) is 11.1 Å². The third kappa shape index (κ3) is 2.71. The van der Waals surface area contributed by atoms with Gasteiger partial charge in [-0.2, -0.15) is 0 Å². The van der Waals surface area contributed by atoms with Crippen LogP contribution >= 0.6 is 0 Å². The molecule has 0 unspecified atom stereocenters. The van der Waals surface area contributed by atoms with Crippen LogP contribution in [-0.2, 0) is 13.0 Å². The third-order valence-corrected chi connectivity index (χ3v) is 4.51. The average molecular weight is 332 g/mol. The largest absolute Gasteiger partial charge is 0.361 e. The predicted octanol–water partition coefficient (Wildman–Crippen LogP) is 4.31. The lowest BCUT2D eigenvalue weighted by atomic mass is 10.1. The zero-order valence-electron chi connectivity index (χ0n) is 14.7. The van der Waals surface area contributed by atoms with Crippen LogP contribution in [0.15, 0.2) is 47.1 Å². The Balaban J connectivity index is 1.87. The van der Waals surface area contributed by atoms with Gasteiger partial charge < -0.3 is 9.09 Å². The van der Waals surface area contributed by atoms with Gasteiger partial charge in [0.05, 0.1) is 11.2 Å². The minimum absolute atomic E-state index is 0.781. The van der Waals surface area contributed by atoms with E-state index in [1.54, 1.807) is 0 Å². The number of hydrogen-bond donors (Lipinski definition) is 0. The van der Waals surface area contributed by atoms with E-state index in [1.165, 1.54) is 5.56 Å². The van der Waals surface area contributed by atoms with Crippen molar-refractivity contribution >= 4 is 11.2 Å². The van der Waals surface area contributed by atoms with Crippen molar-refractivity contribution in [3.05, 3.63) is 65.4 Å². The van der Waals surface area contributed by atoms with E-state index in [0.29, 0.717) is 0 Å². The number of aromatic nitrogens is 4. The fourth-order valence-corrected chi connectivity index (χ4v) is 3.30. The van der Waals surface area contributed by atoms with Gasteiger partial charge in [-0.25, -0.2) is 9.97 Å². The average Bonchev–Trinajstić information content (AvgIpc) is 3.15. The van der Waals surface area contributed by atoms with Crippen LogP contribution in [0, 0.1) is 13.8 Å².